The predicted molar refractivity (Wildman–Crippen MR) is 110 cm³/mol. The highest BCUT2D eigenvalue weighted by atomic mass is 16.3. The number of benzene rings is 1. The molecule has 7 nitrogen and oxygen atoms in total. The van der Waals surface area contributed by atoms with Crippen molar-refractivity contribution < 1.29 is 5.11 Å². The highest BCUT2D eigenvalue weighted by molar-refractivity contribution is 5.64. The van der Waals surface area contributed by atoms with E-state index in [0.29, 0.717) is 11.7 Å². The van der Waals surface area contributed by atoms with Crippen molar-refractivity contribution in [1.29, 1.82) is 0 Å². The molecule has 7 heteroatoms. The van der Waals surface area contributed by atoms with E-state index in [9.17, 15) is 5.11 Å². The molecule has 0 saturated heterocycles. The van der Waals surface area contributed by atoms with Crippen molar-refractivity contribution in [3.05, 3.63) is 79.1 Å². The molecule has 5 rings (SSSR count). The van der Waals surface area contributed by atoms with Crippen LogP contribution in [0.15, 0.2) is 73.4 Å². The molecule has 0 spiro atoms. The fraction of sp³-hybridized carbons (Fsp3) is 0.182. The molecule has 2 N–H and O–H groups in total. The molecule has 0 bridgehead atoms. The number of pyridine rings is 2. The molecule has 3 aromatic heterocycles. The van der Waals surface area contributed by atoms with E-state index in [2.05, 4.69) is 30.0 Å². The number of aliphatic hydroxyl groups is 1. The van der Waals surface area contributed by atoms with E-state index in [0.717, 1.165) is 28.2 Å². The number of aliphatic hydroxyl groups excluding tert-OH is 1. The second-order valence-corrected chi connectivity index (χ2v) is 7.13. The Bertz CT molecular complexity index is 1120. The minimum Gasteiger partial charge on any atom is -0.368 e. The number of rotatable bonds is 6. The van der Waals surface area contributed by atoms with Crippen LogP contribution < -0.4 is 5.32 Å². The van der Waals surface area contributed by atoms with Gasteiger partial charge in [-0.2, -0.15) is 0 Å². The van der Waals surface area contributed by atoms with Crippen LogP contribution in [0.5, 0.6) is 0 Å². The van der Waals surface area contributed by atoms with Gasteiger partial charge >= 0.3 is 0 Å². The highest BCUT2D eigenvalue weighted by Gasteiger charge is 2.26. The second kappa shape index (κ2) is 7.44. The summed E-state index contributed by atoms with van der Waals surface area (Å²) in [5.74, 6) is 0.849. The minimum absolute atomic E-state index is 0.502. The summed E-state index contributed by atoms with van der Waals surface area (Å²) in [4.78, 5) is 8.47. The van der Waals surface area contributed by atoms with Crippen LogP contribution in [-0.4, -0.2) is 29.8 Å². The van der Waals surface area contributed by atoms with Gasteiger partial charge in [0.2, 0.25) is 0 Å². The molecule has 0 aliphatic heterocycles. The van der Waals surface area contributed by atoms with Crippen LogP contribution in [0.1, 0.15) is 30.8 Å². The molecule has 1 aliphatic rings. The zero-order valence-corrected chi connectivity index (χ0v) is 15.7. The lowest BCUT2D eigenvalue weighted by Crippen LogP contribution is -2.11. The van der Waals surface area contributed by atoms with Crippen molar-refractivity contribution >= 4 is 5.69 Å². The summed E-state index contributed by atoms with van der Waals surface area (Å²) in [5.41, 5.74) is 4.22. The smallest absolute Gasteiger partial charge is 0.168 e. The largest absolute Gasteiger partial charge is 0.368 e. The van der Waals surface area contributed by atoms with Gasteiger partial charge < -0.3 is 15.0 Å². The van der Waals surface area contributed by atoms with E-state index in [1.54, 1.807) is 24.9 Å². The summed E-state index contributed by atoms with van der Waals surface area (Å²) in [5, 5.41) is 22.2. The number of anilines is 1. The van der Waals surface area contributed by atoms with Crippen molar-refractivity contribution in [2.75, 3.05) is 5.32 Å². The third-order valence-electron chi connectivity index (χ3n) is 4.99. The first-order valence-corrected chi connectivity index (χ1v) is 9.59. The summed E-state index contributed by atoms with van der Waals surface area (Å²) >= 11 is 0. The molecule has 29 heavy (non-hydrogen) atoms. The number of aromatic nitrogens is 5. The molecule has 1 atom stereocenters. The lowest BCUT2D eigenvalue weighted by molar-refractivity contribution is 0.203. The Morgan fingerprint density at radius 1 is 1.00 bits per heavy atom. The minimum atomic E-state index is -0.942. The summed E-state index contributed by atoms with van der Waals surface area (Å²) in [6.07, 6.45) is 8.40. The van der Waals surface area contributed by atoms with Crippen molar-refractivity contribution in [2.24, 2.45) is 0 Å². The molecule has 1 unspecified atom stereocenters. The van der Waals surface area contributed by atoms with Crippen LogP contribution >= 0.6 is 0 Å². The fourth-order valence-electron chi connectivity index (χ4n) is 3.36. The first kappa shape index (κ1) is 17.5. The first-order valence-electron chi connectivity index (χ1n) is 9.59. The van der Waals surface area contributed by atoms with Crippen molar-refractivity contribution in [3.63, 3.8) is 0 Å². The standard InChI is InChI=1S/C22H20N6O/c29-22(20-12-15(8-10-24-20)17-4-2-9-23-13-17)26-18-5-1-3-16(11-18)21-27-25-14-28(21)19-6-7-19/h1-5,8-14,19,22,26,29H,6-7H2. The van der Waals surface area contributed by atoms with Crippen molar-refractivity contribution in [3.8, 4) is 22.5 Å². The molecule has 3 heterocycles. The Morgan fingerprint density at radius 2 is 1.90 bits per heavy atom. The third kappa shape index (κ3) is 3.72. The summed E-state index contributed by atoms with van der Waals surface area (Å²) in [6, 6.07) is 16.0. The van der Waals surface area contributed by atoms with E-state index in [-0.39, 0.29) is 0 Å². The van der Waals surface area contributed by atoms with Crippen molar-refractivity contribution in [2.45, 2.75) is 25.1 Å². The first-order chi connectivity index (χ1) is 14.3. The van der Waals surface area contributed by atoms with Crippen LogP contribution in [0.4, 0.5) is 5.69 Å². The Morgan fingerprint density at radius 3 is 2.72 bits per heavy atom. The highest BCUT2D eigenvalue weighted by Crippen LogP contribution is 2.37. The topological polar surface area (TPSA) is 88.8 Å². The van der Waals surface area contributed by atoms with Crippen LogP contribution in [0.25, 0.3) is 22.5 Å². The maximum atomic E-state index is 10.7. The SMILES string of the molecule is OC(Nc1cccc(-c2nncn2C2CC2)c1)c1cc(-c2cccnc2)ccn1. The third-order valence-corrected chi connectivity index (χ3v) is 4.99. The van der Waals surface area contributed by atoms with Gasteiger partial charge in [-0.1, -0.05) is 18.2 Å². The van der Waals surface area contributed by atoms with Crippen LogP contribution in [0.2, 0.25) is 0 Å². The van der Waals surface area contributed by atoms with Crippen molar-refractivity contribution in [1.82, 2.24) is 24.7 Å². The Hall–Kier alpha value is -3.58. The van der Waals surface area contributed by atoms with Gasteiger partial charge in [-0.3, -0.25) is 9.97 Å². The van der Waals surface area contributed by atoms with E-state index in [4.69, 9.17) is 0 Å². The molecule has 1 aromatic carbocycles. The van der Waals surface area contributed by atoms with Gasteiger partial charge in [0.05, 0.1) is 5.69 Å². The van der Waals surface area contributed by atoms with Crippen LogP contribution in [0, 0.1) is 0 Å². The monoisotopic (exact) mass is 384 g/mol. The molecule has 0 amide bonds. The number of nitrogens with zero attached hydrogens (tertiary/aromatic N) is 5. The number of nitrogens with one attached hydrogen (secondary N) is 1. The van der Waals surface area contributed by atoms with Gasteiger partial charge in [-0.25, -0.2) is 0 Å². The Balaban J connectivity index is 1.37. The average Bonchev–Trinajstić information content (AvgIpc) is 3.50. The summed E-state index contributed by atoms with van der Waals surface area (Å²) in [7, 11) is 0. The molecular weight excluding hydrogens is 364 g/mol. The predicted octanol–water partition coefficient (Wildman–Crippen LogP) is 3.84. The maximum Gasteiger partial charge on any atom is 0.168 e. The lowest BCUT2D eigenvalue weighted by atomic mass is 10.1. The van der Waals surface area contributed by atoms with Gasteiger partial charge in [-0.15, -0.1) is 10.2 Å². The Kier molecular flexibility index (Phi) is 4.50. The summed E-state index contributed by atoms with van der Waals surface area (Å²) in [6.45, 7) is 0. The molecular formula is C22H20N6O. The van der Waals surface area contributed by atoms with E-state index in [1.165, 1.54) is 12.8 Å². The fourth-order valence-corrected chi connectivity index (χ4v) is 3.36. The van der Waals surface area contributed by atoms with E-state index >= 15 is 0 Å². The molecule has 1 aliphatic carbocycles. The lowest BCUT2D eigenvalue weighted by Gasteiger charge is -2.15. The zero-order chi connectivity index (χ0) is 19.6. The van der Waals surface area contributed by atoms with Gasteiger partial charge in [0.1, 0.15) is 6.33 Å². The van der Waals surface area contributed by atoms with Crippen LogP contribution in [-0.2, 0) is 0 Å². The van der Waals surface area contributed by atoms with Gasteiger partial charge in [0.25, 0.3) is 0 Å². The molecule has 144 valence electrons. The van der Waals surface area contributed by atoms with Gasteiger partial charge in [0, 0.05) is 41.4 Å². The maximum absolute atomic E-state index is 10.7. The van der Waals surface area contributed by atoms with E-state index < -0.39 is 6.23 Å². The molecule has 0 radical (unpaired) electrons. The average molecular weight is 384 g/mol. The molecule has 1 fully saturated rings. The molecule has 4 aromatic rings. The number of hydrogen-bond donors (Lipinski definition) is 2. The van der Waals surface area contributed by atoms with E-state index in [1.807, 2.05) is 48.5 Å². The van der Waals surface area contributed by atoms with Gasteiger partial charge in [0.15, 0.2) is 12.1 Å². The quantitative estimate of drug-likeness (QED) is 0.491. The van der Waals surface area contributed by atoms with Gasteiger partial charge in [-0.05, 0) is 48.7 Å². The summed E-state index contributed by atoms with van der Waals surface area (Å²) < 4.78 is 2.12. The zero-order valence-electron chi connectivity index (χ0n) is 15.7. The normalized spacial score (nSPS) is 14.5. The Labute approximate surface area is 168 Å². The second-order valence-electron chi connectivity index (χ2n) is 7.13. The van der Waals surface area contributed by atoms with Crippen LogP contribution in [0.3, 0.4) is 0 Å². The molecule has 1 saturated carbocycles. The number of hydrogen-bond acceptors (Lipinski definition) is 6.